The van der Waals surface area contributed by atoms with Crippen LogP contribution in [0.1, 0.15) is 58.7 Å². The minimum absolute atomic E-state index is 0.000318. The zero-order valence-corrected chi connectivity index (χ0v) is 21.8. The van der Waals surface area contributed by atoms with Crippen LogP contribution in [0.3, 0.4) is 0 Å². The van der Waals surface area contributed by atoms with Crippen LogP contribution in [0.2, 0.25) is 0 Å². The Bertz CT molecular complexity index is 1020. The van der Waals surface area contributed by atoms with E-state index in [0.29, 0.717) is 0 Å². The van der Waals surface area contributed by atoms with E-state index in [-0.39, 0.29) is 43.3 Å². The quantitative estimate of drug-likeness (QED) is 0.340. The number of aliphatic hydroxyl groups excluding tert-OH is 2. The summed E-state index contributed by atoms with van der Waals surface area (Å²) >= 11 is 3.08. The van der Waals surface area contributed by atoms with Crippen molar-refractivity contribution in [1.82, 2.24) is 9.55 Å². The van der Waals surface area contributed by atoms with Crippen molar-refractivity contribution in [2.45, 2.75) is 77.6 Å². The van der Waals surface area contributed by atoms with Crippen molar-refractivity contribution >= 4 is 33.9 Å². The molecule has 0 saturated carbocycles. The summed E-state index contributed by atoms with van der Waals surface area (Å²) in [5, 5.41) is 20.1. The van der Waals surface area contributed by atoms with Gasteiger partial charge in [0.2, 0.25) is 0 Å². The summed E-state index contributed by atoms with van der Waals surface area (Å²) in [6, 6.07) is 0. The Morgan fingerprint density at radius 1 is 1.17 bits per heavy atom. The normalized spacial score (nSPS) is 22.0. The zero-order valence-electron chi connectivity index (χ0n) is 20.2. The predicted octanol–water partition coefficient (Wildman–Crippen LogP) is 1.46. The Hall–Kier alpha value is -2.28. The fourth-order valence-corrected chi connectivity index (χ4v) is 3.91. The van der Waals surface area contributed by atoms with E-state index in [1.165, 1.54) is 17.3 Å². The van der Waals surface area contributed by atoms with Crippen LogP contribution in [0.25, 0.3) is 6.08 Å². The fourth-order valence-electron chi connectivity index (χ4n) is 3.62. The molecule has 3 N–H and O–H groups in total. The van der Waals surface area contributed by atoms with Crippen molar-refractivity contribution in [3.05, 3.63) is 37.6 Å². The second-order valence-electron chi connectivity index (χ2n) is 9.30. The number of esters is 2. The van der Waals surface area contributed by atoms with Crippen molar-refractivity contribution in [1.29, 1.82) is 0 Å². The smallest absolute Gasteiger partial charge is 0.335 e. The molecule has 35 heavy (non-hydrogen) atoms. The fraction of sp³-hybridized carbons (Fsp3) is 0.652. The van der Waals surface area contributed by atoms with Gasteiger partial charge in [-0.1, -0.05) is 43.6 Å². The van der Waals surface area contributed by atoms with Gasteiger partial charge in [0.25, 0.3) is 5.56 Å². The van der Waals surface area contributed by atoms with Gasteiger partial charge in [-0.2, -0.15) is 0 Å². The van der Waals surface area contributed by atoms with Crippen LogP contribution in [0.15, 0.2) is 20.8 Å². The molecule has 196 valence electrons. The van der Waals surface area contributed by atoms with Crippen LogP contribution in [-0.2, 0) is 23.8 Å². The SMILES string of the molecule is CC(C)C[C@H](O)C(=O)OC[C@H]1O[C@@H](n2cc(/C=C/Br)c(=O)[nH]c2=O)C[C@@H]1OC(=O)[C@@H](O)CC(C)C. The summed E-state index contributed by atoms with van der Waals surface area (Å²) in [7, 11) is 0. The van der Waals surface area contributed by atoms with E-state index in [9.17, 15) is 29.4 Å². The van der Waals surface area contributed by atoms with E-state index >= 15 is 0 Å². The molecule has 1 aromatic rings. The van der Waals surface area contributed by atoms with Gasteiger partial charge in [-0.25, -0.2) is 14.4 Å². The Morgan fingerprint density at radius 3 is 2.34 bits per heavy atom. The lowest BCUT2D eigenvalue weighted by Crippen LogP contribution is -2.37. The molecule has 0 aromatic carbocycles. The van der Waals surface area contributed by atoms with E-state index in [0.717, 1.165) is 4.57 Å². The number of aromatic amines is 1. The Morgan fingerprint density at radius 2 is 1.77 bits per heavy atom. The standard InChI is InChI=1S/C23H33BrN2O9/c1-12(2)7-15(27)21(30)33-11-18-17(35-22(31)16(28)8-13(3)4)9-19(34-18)26-10-14(5-6-24)20(29)25-23(26)32/h5-6,10,12-13,15-19,27-28H,7-9,11H2,1-4H3,(H,25,29,32)/b6-5+/t15-,16-,17-,18+,19+/m0/s1. The number of nitrogens with zero attached hydrogens (tertiary/aromatic N) is 1. The van der Waals surface area contributed by atoms with Gasteiger partial charge in [0.15, 0.2) is 12.2 Å². The minimum atomic E-state index is -1.35. The van der Waals surface area contributed by atoms with Gasteiger partial charge in [-0.3, -0.25) is 14.3 Å². The summed E-state index contributed by atoms with van der Waals surface area (Å²) in [6.07, 6.45) is -2.40. The summed E-state index contributed by atoms with van der Waals surface area (Å²) in [4.78, 5) is 52.7. The highest BCUT2D eigenvalue weighted by molar-refractivity contribution is 9.11. The first-order valence-corrected chi connectivity index (χ1v) is 12.3. The number of nitrogens with one attached hydrogen (secondary N) is 1. The molecule has 1 aromatic heterocycles. The van der Waals surface area contributed by atoms with Gasteiger partial charge in [-0.05, 0) is 35.7 Å². The highest BCUT2D eigenvalue weighted by Gasteiger charge is 2.41. The van der Waals surface area contributed by atoms with Crippen molar-refractivity contribution in [3.8, 4) is 0 Å². The van der Waals surface area contributed by atoms with E-state index in [4.69, 9.17) is 14.2 Å². The summed E-state index contributed by atoms with van der Waals surface area (Å²) in [5.74, 6) is -1.59. The van der Waals surface area contributed by atoms with Crippen molar-refractivity contribution < 1.29 is 34.0 Å². The molecular weight excluding hydrogens is 528 g/mol. The number of carbonyl (C=O) groups excluding carboxylic acids is 2. The number of aromatic nitrogens is 2. The first-order chi connectivity index (χ1) is 16.4. The predicted molar refractivity (Wildman–Crippen MR) is 130 cm³/mol. The van der Waals surface area contributed by atoms with Crippen molar-refractivity contribution in [2.75, 3.05) is 6.61 Å². The minimum Gasteiger partial charge on any atom is -0.461 e. The molecule has 1 aliphatic rings. The number of rotatable bonds is 11. The van der Waals surface area contributed by atoms with E-state index in [1.807, 2.05) is 27.7 Å². The monoisotopic (exact) mass is 560 g/mol. The molecule has 1 aliphatic heterocycles. The van der Waals surface area contributed by atoms with Crippen LogP contribution < -0.4 is 11.2 Å². The topological polar surface area (TPSA) is 157 Å². The number of hydrogen-bond donors (Lipinski definition) is 3. The van der Waals surface area contributed by atoms with Crippen LogP contribution in [-0.4, -0.2) is 62.7 Å². The first kappa shape index (κ1) is 29.0. The van der Waals surface area contributed by atoms with E-state index < -0.39 is 53.8 Å². The number of carbonyl (C=O) groups is 2. The molecule has 1 fully saturated rings. The molecule has 12 heteroatoms. The maximum absolute atomic E-state index is 12.4. The average Bonchev–Trinajstić information content (AvgIpc) is 3.15. The van der Waals surface area contributed by atoms with Gasteiger partial charge in [0.1, 0.15) is 25.0 Å². The average molecular weight is 561 g/mol. The summed E-state index contributed by atoms with van der Waals surface area (Å²) in [6.45, 7) is 7.03. The van der Waals surface area contributed by atoms with Gasteiger partial charge in [-0.15, -0.1) is 0 Å². The third kappa shape index (κ3) is 8.41. The third-order valence-electron chi connectivity index (χ3n) is 5.32. The van der Waals surface area contributed by atoms with Gasteiger partial charge >= 0.3 is 17.6 Å². The van der Waals surface area contributed by atoms with Crippen LogP contribution in [0.5, 0.6) is 0 Å². The van der Waals surface area contributed by atoms with Crippen molar-refractivity contribution in [2.24, 2.45) is 11.8 Å². The molecule has 0 aliphatic carbocycles. The number of hydrogen-bond acceptors (Lipinski definition) is 9. The molecule has 0 unspecified atom stereocenters. The molecule has 2 heterocycles. The maximum Gasteiger partial charge on any atom is 0.335 e. The first-order valence-electron chi connectivity index (χ1n) is 11.4. The summed E-state index contributed by atoms with van der Waals surface area (Å²) < 4.78 is 17.7. The lowest BCUT2D eigenvalue weighted by molar-refractivity contribution is -0.169. The number of aliphatic hydroxyl groups is 2. The van der Waals surface area contributed by atoms with Gasteiger partial charge in [0, 0.05) is 12.6 Å². The van der Waals surface area contributed by atoms with E-state index in [1.54, 1.807) is 0 Å². The number of H-pyrrole nitrogens is 1. The lowest BCUT2D eigenvalue weighted by Gasteiger charge is -2.21. The molecule has 1 saturated heterocycles. The van der Waals surface area contributed by atoms with Gasteiger partial charge in [0.05, 0.1) is 5.56 Å². The second kappa shape index (κ2) is 13.1. The zero-order chi connectivity index (χ0) is 26.3. The number of halogens is 1. The Labute approximate surface area is 211 Å². The lowest BCUT2D eigenvalue weighted by atomic mass is 10.1. The summed E-state index contributed by atoms with van der Waals surface area (Å²) in [5.41, 5.74) is -1.15. The van der Waals surface area contributed by atoms with E-state index in [2.05, 4.69) is 20.9 Å². The van der Waals surface area contributed by atoms with Crippen LogP contribution in [0, 0.1) is 11.8 Å². The Balaban J connectivity index is 2.23. The Kier molecular flexibility index (Phi) is 10.9. The van der Waals surface area contributed by atoms with Crippen molar-refractivity contribution in [3.63, 3.8) is 0 Å². The highest BCUT2D eigenvalue weighted by atomic mass is 79.9. The number of ether oxygens (including phenoxy) is 3. The second-order valence-corrected chi connectivity index (χ2v) is 9.83. The van der Waals surface area contributed by atoms with Crippen LogP contribution in [0.4, 0.5) is 0 Å². The largest absolute Gasteiger partial charge is 0.461 e. The molecule has 0 spiro atoms. The van der Waals surface area contributed by atoms with Crippen LogP contribution >= 0.6 is 15.9 Å². The third-order valence-corrected chi connectivity index (χ3v) is 5.58. The highest BCUT2D eigenvalue weighted by Crippen LogP contribution is 2.31. The maximum atomic E-state index is 12.4. The molecule has 2 rings (SSSR count). The van der Waals surface area contributed by atoms with Gasteiger partial charge < -0.3 is 24.4 Å². The molecular formula is C23H33BrN2O9. The molecule has 5 atom stereocenters. The molecule has 0 radical (unpaired) electrons. The molecule has 0 bridgehead atoms. The molecule has 0 amide bonds. The molecule has 11 nitrogen and oxygen atoms in total.